The molecule has 2 aromatic carbocycles. The highest BCUT2D eigenvalue weighted by molar-refractivity contribution is 5.94. The number of benzene rings is 2. The molecule has 2 atom stereocenters. The average Bonchev–Trinajstić information content (AvgIpc) is 3.31. The lowest BCUT2D eigenvalue weighted by atomic mass is 10.0. The first-order chi connectivity index (χ1) is 13.7. The number of nitrogens with one attached hydrogen (secondary N) is 3. The molecule has 1 aliphatic rings. The Bertz CT molecular complexity index is 1030. The Morgan fingerprint density at radius 3 is 2.82 bits per heavy atom. The Hall–Kier alpha value is -3.23. The van der Waals surface area contributed by atoms with Crippen molar-refractivity contribution in [2.24, 2.45) is 10.2 Å². The number of azo groups is 1. The van der Waals surface area contributed by atoms with Crippen molar-refractivity contribution in [3.8, 4) is 11.6 Å². The maximum absolute atomic E-state index is 12.5. The van der Waals surface area contributed by atoms with Gasteiger partial charge in [-0.2, -0.15) is 0 Å². The number of para-hydroxylation sites is 2. The number of H-pyrrole nitrogens is 1. The fourth-order valence-corrected chi connectivity index (χ4v) is 3.36. The van der Waals surface area contributed by atoms with E-state index in [1.54, 1.807) is 6.07 Å². The maximum Gasteiger partial charge on any atom is 0.282 e. The minimum atomic E-state index is -0.518. The smallest absolute Gasteiger partial charge is 0.282 e. The molecule has 1 amide bonds. The van der Waals surface area contributed by atoms with Crippen LogP contribution in [0.2, 0.25) is 0 Å². The second-order valence-corrected chi connectivity index (χ2v) is 6.51. The van der Waals surface area contributed by atoms with Crippen molar-refractivity contribution < 1.29 is 14.6 Å². The van der Waals surface area contributed by atoms with E-state index in [1.807, 2.05) is 49.4 Å². The lowest BCUT2D eigenvalue weighted by molar-refractivity contribution is -0.120. The van der Waals surface area contributed by atoms with E-state index in [1.165, 1.54) is 0 Å². The van der Waals surface area contributed by atoms with Crippen LogP contribution >= 0.6 is 0 Å². The van der Waals surface area contributed by atoms with Crippen molar-refractivity contribution in [3.63, 3.8) is 0 Å². The van der Waals surface area contributed by atoms with Crippen LogP contribution in [0.5, 0.6) is 11.6 Å². The Balaban J connectivity index is 1.48. The summed E-state index contributed by atoms with van der Waals surface area (Å²) in [6.45, 7) is 2.51. The zero-order chi connectivity index (χ0) is 19.5. The van der Waals surface area contributed by atoms with Gasteiger partial charge in [0.2, 0.25) is 5.88 Å². The van der Waals surface area contributed by atoms with Gasteiger partial charge in [-0.3, -0.25) is 4.79 Å². The number of carbonyl (C=O) groups is 1. The van der Waals surface area contributed by atoms with Gasteiger partial charge < -0.3 is 14.8 Å². The summed E-state index contributed by atoms with van der Waals surface area (Å²) in [5.41, 5.74) is 8.08. The van der Waals surface area contributed by atoms with Gasteiger partial charge in [-0.1, -0.05) is 36.4 Å². The van der Waals surface area contributed by atoms with E-state index in [9.17, 15) is 9.90 Å². The van der Waals surface area contributed by atoms with Gasteiger partial charge >= 0.3 is 0 Å². The predicted octanol–water partition coefficient (Wildman–Crippen LogP) is 3.49. The highest BCUT2D eigenvalue weighted by atomic mass is 16.5. The number of fused-ring (bicyclic) bond motifs is 1. The lowest BCUT2D eigenvalue weighted by Gasteiger charge is -2.14. The lowest BCUT2D eigenvalue weighted by Crippen LogP contribution is -2.35. The van der Waals surface area contributed by atoms with Crippen LogP contribution in [0, 0.1) is 0 Å². The third kappa shape index (κ3) is 3.47. The summed E-state index contributed by atoms with van der Waals surface area (Å²) in [4.78, 5) is 15.3. The minimum absolute atomic E-state index is 0.0756. The van der Waals surface area contributed by atoms with Gasteiger partial charge in [-0.05, 0) is 25.5 Å². The molecule has 0 saturated carbocycles. The van der Waals surface area contributed by atoms with Gasteiger partial charge in [0.1, 0.15) is 11.8 Å². The van der Waals surface area contributed by atoms with Gasteiger partial charge in [0, 0.05) is 10.9 Å². The summed E-state index contributed by atoms with van der Waals surface area (Å²) in [7, 11) is 0. The second kappa shape index (κ2) is 7.79. The molecule has 1 aromatic heterocycles. The number of rotatable bonds is 5. The van der Waals surface area contributed by atoms with Crippen molar-refractivity contribution >= 4 is 22.5 Å². The molecule has 28 heavy (non-hydrogen) atoms. The molecule has 0 bridgehead atoms. The van der Waals surface area contributed by atoms with Crippen LogP contribution in [0.4, 0.5) is 5.69 Å². The first-order valence-corrected chi connectivity index (χ1v) is 9.15. The molecular formula is C20H21N5O3. The molecule has 0 spiro atoms. The SMILES string of the molecule is CCOc1ccccc1C1CC(C(=O)N=Nc2c(O)[nH]c3ccccc23)NN1. The summed E-state index contributed by atoms with van der Waals surface area (Å²) in [5, 5.41) is 18.5. The predicted molar refractivity (Wildman–Crippen MR) is 105 cm³/mol. The molecule has 4 rings (SSSR count). The standard InChI is InChI=1S/C20H21N5O3/c1-2-28-17-10-6-4-7-12(17)15-11-16(23-22-15)19(26)25-24-18-13-8-3-5-9-14(13)21-20(18)27/h3-10,15-16,21-23,27H,2,11H2,1H3. The topological polar surface area (TPSA) is 111 Å². The zero-order valence-corrected chi connectivity index (χ0v) is 15.3. The molecule has 1 saturated heterocycles. The van der Waals surface area contributed by atoms with Crippen molar-refractivity contribution in [2.45, 2.75) is 25.4 Å². The molecule has 2 heterocycles. The number of aromatic nitrogens is 1. The Kier molecular flexibility index (Phi) is 5.05. The molecule has 4 N–H and O–H groups in total. The molecule has 8 heteroatoms. The highest BCUT2D eigenvalue weighted by Gasteiger charge is 2.31. The van der Waals surface area contributed by atoms with Crippen LogP contribution in [0.15, 0.2) is 58.8 Å². The number of hydrogen-bond acceptors (Lipinski definition) is 6. The number of hydrogen-bond donors (Lipinski definition) is 4. The van der Waals surface area contributed by atoms with Crippen LogP contribution in [0.1, 0.15) is 24.9 Å². The fourth-order valence-electron chi connectivity index (χ4n) is 3.36. The molecule has 3 aromatic rings. The van der Waals surface area contributed by atoms with Gasteiger partial charge in [0.15, 0.2) is 5.69 Å². The molecule has 0 radical (unpaired) electrons. The van der Waals surface area contributed by atoms with Crippen molar-refractivity contribution in [3.05, 3.63) is 54.1 Å². The number of ether oxygens (including phenoxy) is 1. The molecule has 144 valence electrons. The number of amides is 1. The molecular weight excluding hydrogens is 358 g/mol. The zero-order valence-electron chi connectivity index (χ0n) is 15.3. The number of nitrogens with zero attached hydrogens (tertiary/aromatic N) is 2. The number of aromatic hydroxyl groups is 1. The maximum atomic E-state index is 12.5. The van der Waals surface area contributed by atoms with Crippen LogP contribution in [-0.2, 0) is 4.79 Å². The molecule has 1 aliphatic heterocycles. The van der Waals surface area contributed by atoms with E-state index in [0.717, 1.165) is 16.8 Å². The Morgan fingerprint density at radius 2 is 1.96 bits per heavy atom. The van der Waals surface area contributed by atoms with Crippen LogP contribution in [0.3, 0.4) is 0 Å². The largest absolute Gasteiger partial charge is 0.494 e. The fraction of sp³-hybridized carbons (Fsp3) is 0.250. The van der Waals surface area contributed by atoms with Gasteiger partial charge in [0.25, 0.3) is 5.91 Å². The average molecular weight is 379 g/mol. The van der Waals surface area contributed by atoms with E-state index < -0.39 is 11.9 Å². The first-order valence-electron chi connectivity index (χ1n) is 9.15. The summed E-state index contributed by atoms with van der Waals surface area (Å²) >= 11 is 0. The number of hydrazine groups is 1. The van der Waals surface area contributed by atoms with E-state index in [0.29, 0.717) is 18.4 Å². The van der Waals surface area contributed by atoms with Crippen molar-refractivity contribution in [2.75, 3.05) is 6.61 Å². The van der Waals surface area contributed by atoms with Gasteiger partial charge in [-0.15, -0.1) is 10.2 Å². The number of aromatic amines is 1. The normalized spacial score (nSPS) is 19.5. The summed E-state index contributed by atoms with van der Waals surface area (Å²) in [6.07, 6.45) is 0.516. The molecule has 8 nitrogen and oxygen atoms in total. The van der Waals surface area contributed by atoms with Crippen molar-refractivity contribution in [1.82, 2.24) is 15.8 Å². The monoisotopic (exact) mass is 379 g/mol. The Morgan fingerprint density at radius 1 is 1.18 bits per heavy atom. The quantitative estimate of drug-likeness (QED) is 0.507. The third-order valence-electron chi connectivity index (χ3n) is 4.70. The molecule has 0 aliphatic carbocycles. The van der Waals surface area contributed by atoms with E-state index >= 15 is 0 Å². The van der Waals surface area contributed by atoms with Crippen LogP contribution in [-0.4, -0.2) is 28.6 Å². The molecule has 1 fully saturated rings. The summed E-state index contributed by atoms with van der Waals surface area (Å²) in [5.74, 6) is 0.273. The van der Waals surface area contributed by atoms with Crippen molar-refractivity contribution in [1.29, 1.82) is 0 Å². The highest BCUT2D eigenvalue weighted by Crippen LogP contribution is 2.35. The number of carbonyl (C=O) groups excluding carboxylic acids is 1. The van der Waals surface area contributed by atoms with Gasteiger partial charge in [-0.25, -0.2) is 10.9 Å². The minimum Gasteiger partial charge on any atom is -0.494 e. The summed E-state index contributed by atoms with van der Waals surface area (Å²) < 4.78 is 5.67. The van der Waals surface area contributed by atoms with Crippen LogP contribution in [0.25, 0.3) is 10.9 Å². The van der Waals surface area contributed by atoms with E-state index in [2.05, 4.69) is 26.1 Å². The van der Waals surface area contributed by atoms with E-state index in [-0.39, 0.29) is 17.6 Å². The van der Waals surface area contributed by atoms with Gasteiger partial charge in [0.05, 0.1) is 18.2 Å². The van der Waals surface area contributed by atoms with Crippen LogP contribution < -0.4 is 15.6 Å². The second-order valence-electron chi connectivity index (χ2n) is 6.51. The Labute approximate surface area is 161 Å². The third-order valence-corrected chi connectivity index (χ3v) is 4.70. The summed E-state index contributed by atoms with van der Waals surface area (Å²) in [6, 6.07) is 14.5. The van der Waals surface area contributed by atoms with E-state index in [4.69, 9.17) is 4.74 Å². The molecule has 2 unspecified atom stereocenters. The first kappa shape index (κ1) is 18.1.